The van der Waals surface area contributed by atoms with E-state index in [1.54, 1.807) is 6.92 Å². The molecule has 1 amide bonds. The molecule has 8 heteroatoms. The molecule has 0 spiro atoms. The fourth-order valence-electron chi connectivity index (χ4n) is 1.62. The molecule has 1 aliphatic rings. The second-order valence-electron chi connectivity index (χ2n) is 3.99. The van der Waals surface area contributed by atoms with Crippen molar-refractivity contribution in [1.29, 1.82) is 0 Å². The highest BCUT2D eigenvalue weighted by Gasteiger charge is 2.36. The van der Waals surface area contributed by atoms with Gasteiger partial charge in [-0.15, -0.1) is 0 Å². The molecule has 0 radical (unpaired) electrons. The number of ether oxygens (including phenoxy) is 1. The number of β-lactam (4-membered cyclic amide) rings is 1. The first-order chi connectivity index (χ1) is 8.33. The molecule has 0 aromatic rings. The molecule has 1 rings (SSSR count). The van der Waals surface area contributed by atoms with Crippen LogP contribution in [0.3, 0.4) is 0 Å². The fraction of sp³-hybridized carbons (Fsp3) is 0.800. The fourth-order valence-corrected chi connectivity index (χ4v) is 2.03. The summed E-state index contributed by atoms with van der Waals surface area (Å²) in [4.78, 5) is 23.9. The number of esters is 1. The Kier molecular flexibility index (Phi) is 5.09. The number of hydrogen-bond acceptors (Lipinski definition) is 6. The first-order valence-electron chi connectivity index (χ1n) is 5.63. The SMILES string of the molecule is CCOC(=O)CCN1C(=O)CC1COS(C)(=O)=O. The van der Waals surface area contributed by atoms with E-state index in [-0.39, 0.29) is 43.9 Å². The van der Waals surface area contributed by atoms with Gasteiger partial charge in [0.1, 0.15) is 0 Å². The van der Waals surface area contributed by atoms with Crippen LogP contribution in [0.15, 0.2) is 0 Å². The highest BCUT2D eigenvalue weighted by Crippen LogP contribution is 2.20. The van der Waals surface area contributed by atoms with Gasteiger partial charge in [-0.1, -0.05) is 0 Å². The molecule has 0 aliphatic carbocycles. The lowest BCUT2D eigenvalue weighted by molar-refractivity contribution is -0.150. The van der Waals surface area contributed by atoms with Gasteiger partial charge in [0.2, 0.25) is 5.91 Å². The van der Waals surface area contributed by atoms with Crippen molar-refractivity contribution in [3.8, 4) is 0 Å². The van der Waals surface area contributed by atoms with E-state index in [9.17, 15) is 18.0 Å². The van der Waals surface area contributed by atoms with Crippen LogP contribution in [0.25, 0.3) is 0 Å². The maximum absolute atomic E-state index is 11.3. The van der Waals surface area contributed by atoms with Gasteiger partial charge in [0.15, 0.2) is 0 Å². The van der Waals surface area contributed by atoms with E-state index in [1.165, 1.54) is 4.90 Å². The molecule has 0 saturated carbocycles. The van der Waals surface area contributed by atoms with E-state index in [1.807, 2.05) is 0 Å². The summed E-state index contributed by atoms with van der Waals surface area (Å²) in [5.41, 5.74) is 0. The summed E-state index contributed by atoms with van der Waals surface area (Å²) in [7, 11) is -3.51. The topological polar surface area (TPSA) is 90.0 Å². The van der Waals surface area contributed by atoms with Crippen LogP contribution in [-0.4, -0.2) is 57.3 Å². The Morgan fingerprint density at radius 3 is 2.67 bits per heavy atom. The zero-order valence-electron chi connectivity index (χ0n) is 10.4. The van der Waals surface area contributed by atoms with Crippen molar-refractivity contribution in [2.75, 3.05) is 26.0 Å². The Hall–Kier alpha value is -1.15. The van der Waals surface area contributed by atoms with Crippen molar-refractivity contribution in [3.05, 3.63) is 0 Å². The smallest absolute Gasteiger partial charge is 0.307 e. The van der Waals surface area contributed by atoms with Crippen LogP contribution < -0.4 is 0 Å². The molecular formula is C10H17NO6S. The molecule has 1 atom stereocenters. The van der Waals surface area contributed by atoms with Crippen molar-refractivity contribution in [2.45, 2.75) is 25.8 Å². The Morgan fingerprint density at radius 1 is 1.50 bits per heavy atom. The normalized spacial score (nSPS) is 19.6. The van der Waals surface area contributed by atoms with Crippen LogP contribution in [0.1, 0.15) is 19.8 Å². The van der Waals surface area contributed by atoms with Gasteiger partial charge >= 0.3 is 5.97 Å². The molecule has 104 valence electrons. The molecule has 1 heterocycles. The van der Waals surface area contributed by atoms with Crippen molar-refractivity contribution in [3.63, 3.8) is 0 Å². The van der Waals surface area contributed by atoms with Gasteiger partial charge in [-0.05, 0) is 6.92 Å². The van der Waals surface area contributed by atoms with E-state index in [2.05, 4.69) is 4.18 Å². The van der Waals surface area contributed by atoms with Gasteiger partial charge < -0.3 is 9.64 Å². The lowest BCUT2D eigenvalue weighted by atomic mass is 10.0. The van der Waals surface area contributed by atoms with Crippen molar-refractivity contribution >= 4 is 22.0 Å². The zero-order valence-corrected chi connectivity index (χ0v) is 11.2. The molecule has 1 fully saturated rings. The second kappa shape index (κ2) is 6.14. The quantitative estimate of drug-likeness (QED) is 0.355. The molecule has 1 aliphatic heterocycles. The highest BCUT2D eigenvalue weighted by atomic mass is 32.2. The van der Waals surface area contributed by atoms with Crippen LogP contribution in [0.2, 0.25) is 0 Å². The van der Waals surface area contributed by atoms with Gasteiger partial charge in [0, 0.05) is 13.0 Å². The van der Waals surface area contributed by atoms with Gasteiger partial charge in [-0.3, -0.25) is 13.8 Å². The third-order valence-corrected chi connectivity index (χ3v) is 3.07. The molecule has 1 saturated heterocycles. The molecule has 7 nitrogen and oxygen atoms in total. The maximum Gasteiger partial charge on any atom is 0.307 e. The molecule has 0 bridgehead atoms. The average molecular weight is 279 g/mol. The Balaban J connectivity index is 2.34. The number of carbonyl (C=O) groups excluding carboxylic acids is 2. The Bertz CT molecular complexity index is 418. The minimum Gasteiger partial charge on any atom is -0.466 e. The lowest BCUT2D eigenvalue weighted by Gasteiger charge is -2.39. The summed E-state index contributed by atoms with van der Waals surface area (Å²) < 4.78 is 31.0. The minimum atomic E-state index is -3.51. The minimum absolute atomic E-state index is 0.0621. The number of rotatable bonds is 7. The highest BCUT2D eigenvalue weighted by molar-refractivity contribution is 7.85. The van der Waals surface area contributed by atoms with Crippen molar-refractivity contribution < 1.29 is 26.9 Å². The standard InChI is InChI=1S/C10H17NO6S/c1-3-16-10(13)4-5-11-8(6-9(11)12)7-17-18(2,14)15/h8H,3-7H2,1-2H3. The average Bonchev–Trinajstić information content (AvgIpc) is 2.23. The molecule has 0 N–H and O–H groups in total. The van der Waals surface area contributed by atoms with E-state index >= 15 is 0 Å². The van der Waals surface area contributed by atoms with E-state index < -0.39 is 10.1 Å². The largest absolute Gasteiger partial charge is 0.466 e. The van der Waals surface area contributed by atoms with Crippen LogP contribution in [0, 0.1) is 0 Å². The third kappa shape index (κ3) is 4.61. The summed E-state index contributed by atoms with van der Waals surface area (Å²) in [6, 6.07) is -0.276. The maximum atomic E-state index is 11.3. The van der Waals surface area contributed by atoms with Crippen LogP contribution in [0.4, 0.5) is 0 Å². The van der Waals surface area contributed by atoms with Crippen molar-refractivity contribution in [1.82, 2.24) is 4.90 Å². The van der Waals surface area contributed by atoms with E-state index in [0.717, 1.165) is 6.26 Å². The Morgan fingerprint density at radius 2 is 2.17 bits per heavy atom. The summed E-state index contributed by atoms with van der Waals surface area (Å²) in [5.74, 6) is -0.485. The predicted molar refractivity (Wildman–Crippen MR) is 62.2 cm³/mol. The monoisotopic (exact) mass is 279 g/mol. The van der Waals surface area contributed by atoms with Crippen LogP contribution in [-0.2, 0) is 28.6 Å². The zero-order chi connectivity index (χ0) is 13.8. The first kappa shape index (κ1) is 14.9. The van der Waals surface area contributed by atoms with Crippen molar-refractivity contribution in [2.24, 2.45) is 0 Å². The Labute approximate surface area is 106 Å². The molecular weight excluding hydrogens is 262 g/mol. The number of carbonyl (C=O) groups is 2. The van der Waals surface area contributed by atoms with Crippen LogP contribution in [0.5, 0.6) is 0 Å². The number of hydrogen-bond donors (Lipinski definition) is 0. The summed E-state index contributed by atoms with van der Waals surface area (Å²) in [6.45, 7) is 2.17. The molecule has 0 aromatic carbocycles. The second-order valence-corrected chi connectivity index (χ2v) is 5.63. The van der Waals surface area contributed by atoms with Gasteiger partial charge in [-0.2, -0.15) is 8.42 Å². The number of likely N-dealkylation sites (tertiary alicyclic amines) is 1. The first-order valence-corrected chi connectivity index (χ1v) is 7.44. The summed E-state index contributed by atoms with van der Waals surface area (Å²) in [5, 5.41) is 0. The van der Waals surface area contributed by atoms with E-state index in [0.29, 0.717) is 6.61 Å². The summed E-state index contributed by atoms with van der Waals surface area (Å²) in [6.07, 6.45) is 1.31. The number of amides is 1. The predicted octanol–water partition coefficient (Wildman–Crippen LogP) is -0.483. The van der Waals surface area contributed by atoms with Gasteiger partial charge in [0.25, 0.3) is 10.1 Å². The van der Waals surface area contributed by atoms with Gasteiger partial charge in [-0.25, -0.2) is 0 Å². The molecule has 1 unspecified atom stereocenters. The lowest BCUT2D eigenvalue weighted by Crippen LogP contribution is -2.55. The molecule has 18 heavy (non-hydrogen) atoms. The third-order valence-electron chi connectivity index (χ3n) is 2.51. The number of nitrogens with zero attached hydrogens (tertiary/aromatic N) is 1. The van der Waals surface area contributed by atoms with E-state index in [4.69, 9.17) is 4.74 Å². The van der Waals surface area contributed by atoms with Gasteiger partial charge in [0.05, 0.1) is 31.9 Å². The van der Waals surface area contributed by atoms with Crippen LogP contribution >= 0.6 is 0 Å². The molecule has 0 aromatic heterocycles. The summed E-state index contributed by atoms with van der Waals surface area (Å²) >= 11 is 0.